The zero-order valence-corrected chi connectivity index (χ0v) is 29.2. The van der Waals surface area contributed by atoms with Crippen LogP contribution in [0, 0.1) is 10.1 Å². The van der Waals surface area contributed by atoms with Crippen molar-refractivity contribution in [1.29, 1.82) is 0 Å². The Balaban J connectivity index is 1.31. The first-order valence-electron chi connectivity index (χ1n) is 15.7. The summed E-state index contributed by atoms with van der Waals surface area (Å²) in [6, 6.07) is 11.9. The third-order valence-electron chi connectivity index (χ3n) is 8.40. The maximum Gasteiger partial charge on any atom is 0.289 e. The molecule has 268 valence electrons. The van der Waals surface area contributed by atoms with E-state index in [-0.39, 0.29) is 52.8 Å². The molecule has 0 saturated carbocycles. The summed E-state index contributed by atoms with van der Waals surface area (Å²) in [6.45, 7) is 2.16. The lowest BCUT2D eigenvalue weighted by atomic mass is 10.1. The standard InChI is InChI=1S/C34H39N3O12S/c1-43-23-20-25(44-2)30-26(21-23)49-32(22-18-27(45-3)33(47-5)28(19-22)46-4)34(31(30)38)48-17-9-8-12-35-13-15-36(16-14-35)50(41,42)29-11-7-6-10-24(29)37(39)40/h6-7,10-11,18-21H,8-9,12-17H2,1-5H3. The van der Waals surface area contributed by atoms with Crippen molar-refractivity contribution in [2.45, 2.75) is 17.7 Å². The van der Waals surface area contributed by atoms with E-state index >= 15 is 0 Å². The van der Waals surface area contributed by atoms with Gasteiger partial charge in [0.2, 0.25) is 27.0 Å². The molecule has 0 unspecified atom stereocenters. The molecule has 0 radical (unpaired) electrons. The minimum Gasteiger partial charge on any atom is -0.496 e. The maximum atomic E-state index is 14.0. The summed E-state index contributed by atoms with van der Waals surface area (Å²) in [5.41, 5.74) is -0.207. The molecule has 3 aromatic carbocycles. The van der Waals surface area contributed by atoms with E-state index in [0.717, 1.165) is 0 Å². The van der Waals surface area contributed by atoms with Gasteiger partial charge in [0, 0.05) is 49.9 Å². The summed E-state index contributed by atoms with van der Waals surface area (Å²) in [6.07, 6.45) is 1.26. The molecule has 15 nitrogen and oxygen atoms in total. The number of methoxy groups -OCH3 is 5. The fourth-order valence-electron chi connectivity index (χ4n) is 5.83. The molecule has 0 N–H and O–H groups in total. The highest BCUT2D eigenvalue weighted by Crippen LogP contribution is 2.44. The van der Waals surface area contributed by atoms with E-state index in [4.69, 9.17) is 32.8 Å². The van der Waals surface area contributed by atoms with Crippen LogP contribution in [0.15, 0.2) is 62.6 Å². The number of piperazine rings is 1. The Morgan fingerprint density at radius 3 is 2.08 bits per heavy atom. The van der Waals surface area contributed by atoms with Crippen LogP contribution in [0.5, 0.6) is 34.5 Å². The Hall–Kier alpha value is -5.06. The van der Waals surface area contributed by atoms with Crippen molar-refractivity contribution in [3.05, 3.63) is 68.9 Å². The number of nitro benzene ring substituents is 1. The number of benzene rings is 3. The quantitative estimate of drug-likeness (QED) is 0.0955. The first-order valence-corrected chi connectivity index (χ1v) is 17.1. The van der Waals surface area contributed by atoms with Gasteiger partial charge >= 0.3 is 0 Å². The van der Waals surface area contributed by atoms with Gasteiger partial charge < -0.3 is 37.7 Å². The average Bonchev–Trinajstić information content (AvgIpc) is 3.14. The van der Waals surface area contributed by atoms with Crippen molar-refractivity contribution in [1.82, 2.24) is 9.21 Å². The highest BCUT2D eigenvalue weighted by molar-refractivity contribution is 7.89. The summed E-state index contributed by atoms with van der Waals surface area (Å²) in [5.74, 6) is 1.89. The van der Waals surface area contributed by atoms with Crippen LogP contribution in [0.2, 0.25) is 0 Å². The van der Waals surface area contributed by atoms with Crippen LogP contribution in [0.1, 0.15) is 12.8 Å². The first-order chi connectivity index (χ1) is 24.1. The molecule has 1 aliphatic rings. The molecule has 5 rings (SSSR count). The molecule has 0 aliphatic carbocycles. The van der Waals surface area contributed by atoms with Gasteiger partial charge in [0.1, 0.15) is 22.5 Å². The molecule has 1 saturated heterocycles. The first kappa shape index (κ1) is 36.2. The normalized spacial score (nSPS) is 13.9. The monoisotopic (exact) mass is 713 g/mol. The van der Waals surface area contributed by atoms with Crippen LogP contribution < -0.4 is 33.8 Å². The van der Waals surface area contributed by atoms with Crippen LogP contribution >= 0.6 is 0 Å². The number of ether oxygens (including phenoxy) is 6. The molecule has 1 aliphatic heterocycles. The predicted octanol–water partition coefficient (Wildman–Crippen LogP) is 4.58. The molecular weight excluding hydrogens is 674 g/mol. The second kappa shape index (κ2) is 15.7. The largest absolute Gasteiger partial charge is 0.496 e. The van der Waals surface area contributed by atoms with Crippen LogP contribution in [0.3, 0.4) is 0 Å². The number of sulfonamides is 1. The summed E-state index contributed by atoms with van der Waals surface area (Å²) in [4.78, 5) is 26.6. The fourth-order valence-corrected chi connectivity index (χ4v) is 7.41. The van der Waals surface area contributed by atoms with Crippen molar-refractivity contribution in [2.24, 2.45) is 0 Å². The number of hydrogen-bond acceptors (Lipinski definition) is 13. The minimum atomic E-state index is -4.02. The van der Waals surface area contributed by atoms with E-state index in [1.165, 1.54) is 64.1 Å². The number of fused-ring (bicyclic) bond motifs is 1. The lowest BCUT2D eigenvalue weighted by molar-refractivity contribution is -0.387. The number of nitrogens with zero attached hydrogens (tertiary/aromatic N) is 3. The SMILES string of the molecule is COc1cc(OC)c2c(=O)c(OCCCCN3CCN(S(=O)(=O)c4ccccc4[N+](=O)[O-])CC3)c(-c3cc(OC)c(OC)c(OC)c3)oc2c1. The lowest BCUT2D eigenvalue weighted by Gasteiger charge is -2.33. The molecular formula is C34H39N3O12S. The molecule has 0 atom stereocenters. The molecule has 0 spiro atoms. The van der Waals surface area contributed by atoms with Gasteiger partial charge in [-0.2, -0.15) is 4.31 Å². The fraction of sp³-hybridized carbons (Fsp3) is 0.382. The van der Waals surface area contributed by atoms with Gasteiger partial charge in [0.25, 0.3) is 5.69 Å². The van der Waals surface area contributed by atoms with Gasteiger partial charge in [-0.15, -0.1) is 0 Å². The third kappa shape index (κ3) is 7.27. The molecule has 0 bridgehead atoms. The number of rotatable bonds is 15. The van der Waals surface area contributed by atoms with E-state index in [1.54, 1.807) is 24.3 Å². The lowest BCUT2D eigenvalue weighted by Crippen LogP contribution is -2.48. The Kier molecular flexibility index (Phi) is 11.3. The van der Waals surface area contributed by atoms with E-state index in [9.17, 15) is 23.3 Å². The second-order valence-electron chi connectivity index (χ2n) is 11.2. The number of unbranched alkanes of at least 4 members (excludes halogenated alkanes) is 1. The van der Waals surface area contributed by atoms with Crippen molar-refractivity contribution >= 4 is 26.7 Å². The summed E-state index contributed by atoms with van der Waals surface area (Å²) in [7, 11) is 3.38. The Morgan fingerprint density at radius 2 is 1.48 bits per heavy atom. The zero-order chi connectivity index (χ0) is 36.0. The van der Waals surface area contributed by atoms with Gasteiger partial charge in [0.15, 0.2) is 22.2 Å². The van der Waals surface area contributed by atoms with E-state index in [2.05, 4.69) is 4.90 Å². The van der Waals surface area contributed by atoms with E-state index < -0.39 is 26.1 Å². The molecule has 16 heteroatoms. The Morgan fingerprint density at radius 1 is 0.820 bits per heavy atom. The van der Waals surface area contributed by atoms with Gasteiger partial charge in [-0.25, -0.2) is 8.42 Å². The highest BCUT2D eigenvalue weighted by atomic mass is 32.2. The van der Waals surface area contributed by atoms with E-state index in [1.807, 2.05) is 0 Å². The van der Waals surface area contributed by atoms with Crippen LogP contribution in [-0.2, 0) is 10.0 Å². The number of nitro groups is 1. The summed E-state index contributed by atoms with van der Waals surface area (Å²) in [5, 5.41) is 11.6. The molecule has 1 fully saturated rings. The Labute approximate surface area is 289 Å². The van der Waals surface area contributed by atoms with Gasteiger partial charge in [0.05, 0.1) is 47.1 Å². The van der Waals surface area contributed by atoms with Gasteiger partial charge in [-0.3, -0.25) is 14.9 Å². The third-order valence-corrected chi connectivity index (χ3v) is 10.3. The smallest absolute Gasteiger partial charge is 0.289 e. The van der Waals surface area contributed by atoms with Crippen molar-refractivity contribution < 1.29 is 46.2 Å². The minimum absolute atomic E-state index is 0.0240. The van der Waals surface area contributed by atoms with Gasteiger partial charge in [-0.05, 0) is 37.6 Å². The summed E-state index contributed by atoms with van der Waals surface area (Å²) >= 11 is 0. The van der Waals surface area contributed by atoms with Gasteiger partial charge in [-0.1, -0.05) is 12.1 Å². The predicted molar refractivity (Wildman–Crippen MR) is 184 cm³/mol. The Bertz CT molecular complexity index is 2000. The van der Waals surface area contributed by atoms with Crippen LogP contribution in [0.25, 0.3) is 22.3 Å². The maximum absolute atomic E-state index is 14.0. The van der Waals surface area contributed by atoms with Crippen LogP contribution in [-0.4, -0.2) is 97.4 Å². The summed E-state index contributed by atoms with van der Waals surface area (Å²) < 4.78 is 67.6. The number of para-hydroxylation sites is 1. The average molecular weight is 714 g/mol. The zero-order valence-electron chi connectivity index (χ0n) is 28.4. The molecule has 1 aromatic heterocycles. The molecule has 0 amide bonds. The van der Waals surface area contributed by atoms with Crippen molar-refractivity contribution in [2.75, 3.05) is 74.9 Å². The molecule has 4 aromatic rings. The highest BCUT2D eigenvalue weighted by Gasteiger charge is 2.33. The molecule has 50 heavy (non-hydrogen) atoms. The molecule has 2 heterocycles. The van der Waals surface area contributed by atoms with Crippen LogP contribution in [0.4, 0.5) is 5.69 Å². The number of hydrogen-bond donors (Lipinski definition) is 0. The van der Waals surface area contributed by atoms with E-state index in [0.29, 0.717) is 61.0 Å². The topological polar surface area (TPSA) is 169 Å². The second-order valence-corrected chi connectivity index (χ2v) is 13.1. The van der Waals surface area contributed by atoms with Crippen molar-refractivity contribution in [3.8, 4) is 45.8 Å². The van der Waals surface area contributed by atoms with Crippen molar-refractivity contribution in [3.63, 3.8) is 0 Å².